The summed E-state index contributed by atoms with van der Waals surface area (Å²) in [6, 6.07) is 2.00. The number of aromatic nitrogens is 1. The van der Waals surface area contributed by atoms with E-state index in [1.165, 1.54) is 38.8 Å². The smallest absolute Gasteiger partial charge is 0.191 e. The molecule has 2 rings (SSSR count). The third-order valence-corrected chi connectivity index (χ3v) is 4.33. The zero-order valence-electron chi connectivity index (χ0n) is 15.9. The summed E-state index contributed by atoms with van der Waals surface area (Å²) in [5, 5.41) is 10.8. The van der Waals surface area contributed by atoms with Crippen LogP contribution in [0.2, 0.25) is 0 Å². The van der Waals surface area contributed by atoms with Gasteiger partial charge in [-0.15, -0.1) is 24.0 Å². The van der Waals surface area contributed by atoms with Gasteiger partial charge in [-0.3, -0.25) is 0 Å². The molecule has 0 atom stereocenters. The Bertz CT molecular complexity index is 495. The number of guanidine groups is 1. The van der Waals surface area contributed by atoms with Gasteiger partial charge in [0.15, 0.2) is 11.7 Å². The molecule has 2 N–H and O–H groups in total. The molecule has 2 heterocycles. The Balaban J connectivity index is 0.00000312. The van der Waals surface area contributed by atoms with Gasteiger partial charge in [0.2, 0.25) is 0 Å². The van der Waals surface area contributed by atoms with Crippen LogP contribution in [0.1, 0.15) is 63.8 Å². The zero-order chi connectivity index (χ0) is 17.2. The zero-order valence-corrected chi connectivity index (χ0v) is 18.2. The Kier molecular flexibility index (Phi) is 11.1. The fourth-order valence-corrected chi connectivity index (χ4v) is 2.87. The first kappa shape index (κ1) is 22.2. The molecule has 7 heteroatoms. The summed E-state index contributed by atoms with van der Waals surface area (Å²) >= 11 is 0. The third kappa shape index (κ3) is 8.40. The first-order valence-electron chi connectivity index (χ1n) is 9.39. The number of halogens is 1. The fourth-order valence-electron chi connectivity index (χ4n) is 2.87. The average Bonchev–Trinajstić information content (AvgIpc) is 2.90. The summed E-state index contributed by atoms with van der Waals surface area (Å²) in [5.74, 6) is 2.03. The number of aliphatic imine (C=N–C) groups is 1. The number of hydrogen-bond donors (Lipinski definition) is 2. The first-order valence-corrected chi connectivity index (χ1v) is 9.39. The maximum Gasteiger partial charge on any atom is 0.191 e. The van der Waals surface area contributed by atoms with E-state index >= 15 is 0 Å². The van der Waals surface area contributed by atoms with Crippen LogP contribution < -0.4 is 10.6 Å². The van der Waals surface area contributed by atoms with Crippen LogP contribution in [0.25, 0.3) is 0 Å². The third-order valence-electron chi connectivity index (χ3n) is 4.33. The predicted octanol–water partition coefficient (Wildman–Crippen LogP) is 3.35. The van der Waals surface area contributed by atoms with Gasteiger partial charge in [-0.2, -0.15) is 0 Å². The number of nitrogens with one attached hydrogen (secondary N) is 2. The van der Waals surface area contributed by atoms with Crippen molar-refractivity contribution in [3.8, 4) is 0 Å². The number of rotatable bonds is 7. The molecule has 6 nitrogen and oxygen atoms in total. The lowest BCUT2D eigenvalue weighted by atomic mass is 10.1. The van der Waals surface area contributed by atoms with Crippen molar-refractivity contribution in [1.82, 2.24) is 20.7 Å². The SMILES string of the molecule is CCNC(=NCc1cc(C(C)C)no1)NCCN1CCCCCC1.I. The minimum Gasteiger partial charge on any atom is -0.359 e. The van der Waals surface area contributed by atoms with E-state index in [0.29, 0.717) is 12.5 Å². The number of hydrogen-bond acceptors (Lipinski definition) is 4. The largest absolute Gasteiger partial charge is 0.359 e. The lowest BCUT2D eigenvalue weighted by Gasteiger charge is -2.20. The molecule has 0 aliphatic carbocycles. The van der Waals surface area contributed by atoms with Gasteiger partial charge in [0.25, 0.3) is 0 Å². The van der Waals surface area contributed by atoms with Gasteiger partial charge in [0.1, 0.15) is 6.54 Å². The number of likely N-dealkylation sites (tertiary alicyclic amines) is 1. The van der Waals surface area contributed by atoms with Crippen LogP contribution in [-0.4, -0.2) is 48.7 Å². The van der Waals surface area contributed by atoms with E-state index in [9.17, 15) is 0 Å². The number of nitrogens with zero attached hydrogens (tertiary/aromatic N) is 3. The van der Waals surface area contributed by atoms with Crippen molar-refractivity contribution in [3.63, 3.8) is 0 Å². The van der Waals surface area contributed by atoms with Gasteiger partial charge in [0, 0.05) is 25.7 Å². The summed E-state index contributed by atoms with van der Waals surface area (Å²) in [6.07, 6.45) is 5.42. The van der Waals surface area contributed by atoms with Crippen molar-refractivity contribution in [2.75, 3.05) is 32.7 Å². The molecule has 0 amide bonds. The van der Waals surface area contributed by atoms with Crippen LogP contribution in [0.4, 0.5) is 0 Å². The van der Waals surface area contributed by atoms with Crippen LogP contribution in [0, 0.1) is 0 Å². The molecule has 1 aliphatic heterocycles. The minimum absolute atomic E-state index is 0. The molecular formula is C18H34IN5O. The summed E-state index contributed by atoms with van der Waals surface area (Å²) in [4.78, 5) is 7.15. The summed E-state index contributed by atoms with van der Waals surface area (Å²) in [6.45, 7) is 12.1. The van der Waals surface area contributed by atoms with E-state index in [-0.39, 0.29) is 24.0 Å². The molecule has 0 aromatic carbocycles. The Morgan fingerprint density at radius 1 is 1.24 bits per heavy atom. The molecule has 1 fully saturated rings. The highest BCUT2D eigenvalue weighted by Crippen LogP contribution is 2.14. The summed E-state index contributed by atoms with van der Waals surface area (Å²) in [5.41, 5.74) is 0.985. The van der Waals surface area contributed by atoms with Crippen LogP contribution in [0.15, 0.2) is 15.6 Å². The summed E-state index contributed by atoms with van der Waals surface area (Å²) < 4.78 is 5.35. The predicted molar refractivity (Wildman–Crippen MR) is 114 cm³/mol. The highest BCUT2D eigenvalue weighted by molar-refractivity contribution is 14.0. The second kappa shape index (κ2) is 12.5. The van der Waals surface area contributed by atoms with Crippen LogP contribution in [-0.2, 0) is 6.54 Å². The standard InChI is InChI=1S/C18H33N5O.HI/c1-4-19-18(20-9-12-23-10-7-5-6-8-11-23)21-14-16-13-17(15(2)3)22-24-16;/h13,15H,4-12,14H2,1-3H3,(H2,19,20,21);1H. The molecule has 0 bridgehead atoms. The molecule has 144 valence electrons. The van der Waals surface area contributed by atoms with Crippen molar-refractivity contribution in [3.05, 3.63) is 17.5 Å². The van der Waals surface area contributed by atoms with Crippen molar-refractivity contribution >= 4 is 29.9 Å². The van der Waals surface area contributed by atoms with E-state index in [0.717, 1.165) is 37.0 Å². The molecule has 25 heavy (non-hydrogen) atoms. The topological polar surface area (TPSA) is 65.7 Å². The van der Waals surface area contributed by atoms with Crippen LogP contribution in [0.5, 0.6) is 0 Å². The lowest BCUT2D eigenvalue weighted by molar-refractivity contribution is 0.289. The molecule has 1 saturated heterocycles. The van der Waals surface area contributed by atoms with E-state index in [4.69, 9.17) is 4.52 Å². The second-order valence-electron chi connectivity index (χ2n) is 6.75. The highest BCUT2D eigenvalue weighted by atomic mass is 127. The Morgan fingerprint density at radius 3 is 2.56 bits per heavy atom. The maximum atomic E-state index is 5.35. The van der Waals surface area contributed by atoms with E-state index in [1.807, 2.05) is 6.07 Å². The fraction of sp³-hybridized carbons (Fsp3) is 0.778. The quantitative estimate of drug-likeness (QED) is 0.369. The van der Waals surface area contributed by atoms with Crippen molar-refractivity contribution < 1.29 is 4.52 Å². The maximum absolute atomic E-state index is 5.35. The molecule has 1 aromatic heterocycles. The Labute approximate surface area is 169 Å². The normalized spacial score (nSPS) is 16.4. The minimum atomic E-state index is 0. The Morgan fingerprint density at radius 2 is 1.96 bits per heavy atom. The summed E-state index contributed by atoms with van der Waals surface area (Å²) in [7, 11) is 0. The first-order chi connectivity index (χ1) is 11.7. The molecule has 1 aliphatic rings. The second-order valence-corrected chi connectivity index (χ2v) is 6.75. The monoisotopic (exact) mass is 463 g/mol. The van der Waals surface area contributed by atoms with Crippen LogP contribution >= 0.6 is 24.0 Å². The van der Waals surface area contributed by atoms with Crippen molar-refractivity contribution in [2.24, 2.45) is 4.99 Å². The van der Waals surface area contributed by atoms with Gasteiger partial charge in [-0.05, 0) is 38.8 Å². The van der Waals surface area contributed by atoms with Gasteiger partial charge in [-0.1, -0.05) is 31.8 Å². The molecule has 1 aromatic rings. The molecule has 0 spiro atoms. The van der Waals surface area contributed by atoms with Gasteiger partial charge in [0.05, 0.1) is 5.69 Å². The molecule has 0 unspecified atom stereocenters. The van der Waals surface area contributed by atoms with Crippen molar-refractivity contribution in [1.29, 1.82) is 0 Å². The Hall–Kier alpha value is -0.830. The van der Waals surface area contributed by atoms with Gasteiger partial charge in [-0.25, -0.2) is 4.99 Å². The molecule has 0 radical (unpaired) electrons. The van der Waals surface area contributed by atoms with E-state index in [1.54, 1.807) is 0 Å². The van der Waals surface area contributed by atoms with Crippen molar-refractivity contribution in [2.45, 2.75) is 58.9 Å². The van der Waals surface area contributed by atoms with Gasteiger partial charge < -0.3 is 20.1 Å². The lowest BCUT2D eigenvalue weighted by Crippen LogP contribution is -2.41. The van der Waals surface area contributed by atoms with E-state index in [2.05, 4.69) is 46.5 Å². The molecule has 0 saturated carbocycles. The molecular weight excluding hydrogens is 429 g/mol. The van der Waals surface area contributed by atoms with Crippen LogP contribution in [0.3, 0.4) is 0 Å². The average molecular weight is 463 g/mol. The highest BCUT2D eigenvalue weighted by Gasteiger charge is 2.09. The van der Waals surface area contributed by atoms with E-state index < -0.39 is 0 Å². The van der Waals surface area contributed by atoms with Gasteiger partial charge >= 0.3 is 0 Å².